The van der Waals surface area contributed by atoms with Gasteiger partial charge in [0.2, 0.25) is 5.91 Å². The van der Waals surface area contributed by atoms with Gasteiger partial charge in [0.05, 0.1) is 12.0 Å². The van der Waals surface area contributed by atoms with Gasteiger partial charge in [-0.1, -0.05) is 12.1 Å². The topological polar surface area (TPSA) is 20.3 Å². The molecule has 0 unspecified atom stereocenters. The lowest BCUT2D eigenvalue weighted by atomic mass is 10.1. The van der Waals surface area contributed by atoms with E-state index in [2.05, 4.69) is 0 Å². The van der Waals surface area contributed by atoms with Crippen molar-refractivity contribution in [3.05, 3.63) is 35.4 Å². The number of halogens is 4. The van der Waals surface area contributed by atoms with E-state index in [1.807, 2.05) is 0 Å². The first-order chi connectivity index (χ1) is 9.41. The number of hydrogen-bond acceptors (Lipinski definition) is 1. The van der Waals surface area contributed by atoms with E-state index in [0.29, 0.717) is 18.0 Å². The highest BCUT2D eigenvalue weighted by Crippen LogP contribution is 2.30. The third-order valence-corrected chi connectivity index (χ3v) is 3.44. The van der Waals surface area contributed by atoms with Crippen molar-refractivity contribution in [2.45, 2.75) is 31.5 Å². The molecule has 20 heavy (non-hydrogen) atoms. The van der Waals surface area contributed by atoms with Crippen molar-refractivity contribution in [2.75, 3.05) is 12.4 Å². The Kier molecular flexibility index (Phi) is 4.58. The van der Waals surface area contributed by atoms with Crippen molar-refractivity contribution in [3.63, 3.8) is 0 Å². The second kappa shape index (κ2) is 6.04. The van der Waals surface area contributed by atoms with Crippen molar-refractivity contribution in [1.29, 1.82) is 0 Å². The van der Waals surface area contributed by atoms with Gasteiger partial charge in [0.25, 0.3) is 0 Å². The quantitative estimate of drug-likeness (QED) is 0.763. The number of amides is 1. The van der Waals surface area contributed by atoms with Crippen molar-refractivity contribution < 1.29 is 18.0 Å². The lowest BCUT2D eigenvalue weighted by Crippen LogP contribution is -2.35. The first-order valence-electron chi connectivity index (χ1n) is 6.43. The Morgan fingerprint density at radius 1 is 1.25 bits per heavy atom. The molecular formula is C14H15ClF3NO. The van der Waals surface area contributed by atoms with Crippen LogP contribution in [0.3, 0.4) is 0 Å². The van der Waals surface area contributed by atoms with Crippen LogP contribution in [-0.4, -0.2) is 29.3 Å². The summed E-state index contributed by atoms with van der Waals surface area (Å²) in [7, 11) is 0. The maximum Gasteiger partial charge on any atom is 0.416 e. The van der Waals surface area contributed by atoms with Crippen LogP contribution in [0.1, 0.15) is 24.0 Å². The van der Waals surface area contributed by atoms with Crippen molar-refractivity contribution in [1.82, 2.24) is 4.90 Å². The predicted molar refractivity (Wildman–Crippen MR) is 70.6 cm³/mol. The molecule has 0 bridgehead atoms. The fourth-order valence-electron chi connectivity index (χ4n) is 2.08. The number of alkyl halides is 4. The summed E-state index contributed by atoms with van der Waals surface area (Å²) in [6, 6.07) is 4.98. The molecular weight excluding hydrogens is 291 g/mol. The monoisotopic (exact) mass is 305 g/mol. The Labute approximate surface area is 120 Å². The van der Waals surface area contributed by atoms with Crippen LogP contribution in [0.2, 0.25) is 0 Å². The van der Waals surface area contributed by atoms with Crippen molar-refractivity contribution in [2.24, 2.45) is 0 Å². The molecule has 0 heterocycles. The van der Waals surface area contributed by atoms with E-state index >= 15 is 0 Å². The van der Waals surface area contributed by atoms with Gasteiger partial charge in [-0.05, 0) is 30.5 Å². The number of carbonyl (C=O) groups excluding carboxylic acids is 1. The zero-order valence-corrected chi connectivity index (χ0v) is 11.5. The molecule has 1 aromatic carbocycles. The van der Waals surface area contributed by atoms with E-state index in [0.717, 1.165) is 25.0 Å². The second-order valence-corrected chi connectivity index (χ2v) is 5.26. The highest BCUT2D eigenvalue weighted by atomic mass is 35.5. The van der Waals surface area contributed by atoms with Crippen LogP contribution in [0.25, 0.3) is 0 Å². The summed E-state index contributed by atoms with van der Waals surface area (Å²) in [6.07, 6.45) is -2.27. The molecule has 2 nitrogen and oxygen atoms in total. The predicted octanol–water partition coefficient (Wildman–Crippen LogP) is 3.48. The molecule has 0 aliphatic heterocycles. The zero-order valence-electron chi connectivity index (χ0n) is 10.8. The fourth-order valence-corrected chi connectivity index (χ4v) is 2.26. The normalized spacial score (nSPS) is 15.2. The van der Waals surface area contributed by atoms with E-state index in [9.17, 15) is 18.0 Å². The molecule has 0 atom stereocenters. The average molecular weight is 306 g/mol. The Morgan fingerprint density at radius 2 is 1.85 bits per heavy atom. The highest BCUT2D eigenvalue weighted by Gasteiger charge is 2.32. The summed E-state index contributed by atoms with van der Waals surface area (Å²) in [5, 5.41) is 0. The third-order valence-electron chi connectivity index (χ3n) is 3.27. The molecule has 1 aromatic rings. The first kappa shape index (κ1) is 15.2. The van der Waals surface area contributed by atoms with Crippen molar-refractivity contribution in [3.8, 4) is 0 Å². The van der Waals surface area contributed by atoms with Crippen LogP contribution in [0.15, 0.2) is 24.3 Å². The Hall–Kier alpha value is -1.23. The second-order valence-electron chi connectivity index (χ2n) is 4.88. The van der Waals surface area contributed by atoms with E-state index in [-0.39, 0.29) is 18.4 Å². The van der Waals surface area contributed by atoms with Gasteiger partial charge in [0.1, 0.15) is 0 Å². The lowest BCUT2D eigenvalue weighted by molar-refractivity contribution is -0.137. The summed E-state index contributed by atoms with van der Waals surface area (Å²) in [4.78, 5) is 13.8. The Morgan fingerprint density at radius 3 is 2.30 bits per heavy atom. The molecule has 0 spiro atoms. The molecule has 0 N–H and O–H groups in total. The SMILES string of the molecule is O=C(Cc1ccc(C(F)(F)F)cc1)N(CCCl)C1CC1. The molecule has 0 saturated heterocycles. The van der Waals surface area contributed by atoms with Gasteiger partial charge in [-0.15, -0.1) is 11.6 Å². The van der Waals surface area contributed by atoms with Gasteiger partial charge in [0, 0.05) is 18.5 Å². The van der Waals surface area contributed by atoms with Crippen LogP contribution in [0, 0.1) is 0 Å². The van der Waals surface area contributed by atoms with Crippen LogP contribution in [-0.2, 0) is 17.4 Å². The van der Waals surface area contributed by atoms with Gasteiger partial charge >= 0.3 is 6.18 Å². The Bertz CT molecular complexity index is 468. The lowest BCUT2D eigenvalue weighted by Gasteiger charge is -2.21. The summed E-state index contributed by atoms with van der Waals surface area (Å²) < 4.78 is 37.3. The minimum atomic E-state index is -4.35. The molecule has 1 aliphatic rings. The molecule has 2 rings (SSSR count). The van der Waals surface area contributed by atoms with Crippen LogP contribution >= 0.6 is 11.6 Å². The number of rotatable bonds is 5. The fraction of sp³-hybridized carbons (Fsp3) is 0.500. The van der Waals surface area contributed by atoms with Gasteiger partial charge in [-0.25, -0.2) is 0 Å². The van der Waals surface area contributed by atoms with E-state index in [1.54, 1.807) is 4.90 Å². The number of nitrogens with zero attached hydrogens (tertiary/aromatic N) is 1. The van der Waals surface area contributed by atoms with Crippen molar-refractivity contribution >= 4 is 17.5 Å². The van der Waals surface area contributed by atoms with E-state index in [4.69, 9.17) is 11.6 Å². The molecule has 1 amide bonds. The highest BCUT2D eigenvalue weighted by molar-refractivity contribution is 6.18. The third kappa shape index (κ3) is 3.88. The summed E-state index contributed by atoms with van der Waals surface area (Å²) in [5.74, 6) is 0.294. The van der Waals surface area contributed by atoms with Gasteiger partial charge in [0.15, 0.2) is 0 Å². The van der Waals surface area contributed by atoms with Gasteiger partial charge in [-0.3, -0.25) is 4.79 Å². The Balaban J connectivity index is 2.00. The largest absolute Gasteiger partial charge is 0.416 e. The first-order valence-corrected chi connectivity index (χ1v) is 6.97. The average Bonchev–Trinajstić information content (AvgIpc) is 3.19. The minimum absolute atomic E-state index is 0.0760. The molecule has 110 valence electrons. The number of carbonyl (C=O) groups is 1. The van der Waals surface area contributed by atoms with Crippen LogP contribution in [0.4, 0.5) is 13.2 Å². The van der Waals surface area contributed by atoms with Crippen LogP contribution < -0.4 is 0 Å². The summed E-state index contributed by atoms with van der Waals surface area (Å²) in [5.41, 5.74) is -0.114. The molecule has 1 aliphatic carbocycles. The van der Waals surface area contributed by atoms with E-state index < -0.39 is 11.7 Å². The smallest absolute Gasteiger partial charge is 0.338 e. The molecule has 0 radical (unpaired) electrons. The van der Waals surface area contributed by atoms with Gasteiger partial charge < -0.3 is 4.90 Å². The molecule has 1 saturated carbocycles. The number of benzene rings is 1. The maximum absolute atomic E-state index is 12.4. The molecule has 0 aromatic heterocycles. The summed E-state index contributed by atoms with van der Waals surface area (Å²) in [6.45, 7) is 0.492. The minimum Gasteiger partial charge on any atom is -0.338 e. The maximum atomic E-state index is 12.4. The van der Waals surface area contributed by atoms with E-state index in [1.165, 1.54) is 12.1 Å². The standard InChI is InChI=1S/C14H15ClF3NO/c15-7-8-19(12-5-6-12)13(20)9-10-1-3-11(4-2-10)14(16,17)18/h1-4,12H,5-9H2. The number of hydrogen-bond donors (Lipinski definition) is 0. The summed E-state index contributed by atoms with van der Waals surface area (Å²) >= 11 is 5.67. The molecule has 1 fully saturated rings. The van der Waals surface area contributed by atoms with Gasteiger partial charge in [-0.2, -0.15) is 13.2 Å². The molecule has 6 heteroatoms. The van der Waals surface area contributed by atoms with Crippen LogP contribution in [0.5, 0.6) is 0 Å². The zero-order chi connectivity index (χ0) is 14.8.